The Morgan fingerprint density at radius 1 is 1.40 bits per heavy atom. The number of nitrogens with one attached hydrogen (secondary N) is 1. The summed E-state index contributed by atoms with van der Waals surface area (Å²) in [4.78, 5) is 16.9. The summed E-state index contributed by atoms with van der Waals surface area (Å²) in [5.41, 5.74) is 0.261. The number of aromatic nitrogens is 1. The molecule has 0 bridgehead atoms. The van der Waals surface area contributed by atoms with Gasteiger partial charge in [-0.3, -0.25) is 4.79 Å². The molecule has 0 saturated carbocycles. The molecule has 1 N–H and O–H groups in total. The van der Waals surface area contributed by atoms with Crippen molar-refractivity contribution < 1.29 is 13.2 Å². The summed E-state index contributed by atoms with van der Waals surface area (Å²) in [7, 11) is 1.45. The van der Waals surface area contributed by atoms with Crippen LogP contribution in [0.4, 0.5) is 0 Å². The molecule has 1 aromatic heterocycles. The quantitative estimate of drug-likeness (QED) is 0.851. The molecule has 3 unspecified atom stereocenters. The van der Waals surface area contributed by atoms with Gasteiger partial charge in [0, 0.05) is 29.5 Å². The Morgan fingerprint density at radius 3 is 2.60 bits per heavy atom. The predicted molar refractivity (Wildman–Crippen MR) is 77.3 cm³/mol. The normalized spacial score (nSPS) is 27.6. The maximum Gasteiger partial charge on any atom is 0.270 e. The van der Waals surface area contributed by atoms with Crippen molar-refractivity contribution in [2.45, 2.75) is 38.1 Å². The smallest absolute Gasteiger partial charge is 0.270 e. The fourth-order valence-corrected chi connectivity index (χ4v) is 3.50. The van der Waals surface area contributed by atoms with Crippen LogP contribution in [-0.2, 0) is 9.05 Å². The molecule has 0 aliphatic carbocycles. The van der Waals surface area contributed by atoms with Crippen molar-refractivity contribution in [3.8, 4) is 0 Å². The van der Waals surface area contributed by atoms with Gasteiger partial charge in [0.05, 0.1) is 0 Å². The maximum atomic E-state index is 12.5. The second-order valence-electron chi connectivity index (χ2n) is 5.70. The van der Waals surface area contributed by atoms with Crippen molar-refractivity contribution in [2.24, 2.45) is 11.8 Å². The number of piperidine rings is 1. The molecule has 0 radical (unpaired) electrons. The molecule has 1 fully saturated rings. The number of likely N-dealkylation sites (tertiary alicyclic amines) is 1. The molecule has 1 amide bonds. The average molecular weight is 319 g/mol. The first-order valence-electron chi connectivity index (χ1n) is 6.64. The minimum atomic E-state index is -3.81. The Kier molecular flexibility index (Phi) is 4.16. The Balaban J connectivity index is 2.24. The van der Waals surface area contributed by atoms with Gasteiger partial charge in [-0.05, 0) is 31.2 Å². The maximum absolute atomic E-state index is 12.5. The molecule has 112 valence electrons. The van der Waals surface area contributed by atoms with Gasteiger partial charge >= 0.3 is 0 Å². The number of hydrogen-bond donors (Lipinski definition) is 1. The lowest BCUT2D eigenvalue weighted by Crippen LogP contribution is -2.48. The SMILES string of the molecule is CC1CC(C)C(C)N(C(=O)c2cc(S(=O)(=O)Cl)c[nH]2)C1. The minimum absolute atomic E-state index is 0.0757. The molecule has 3 atom stereocenters. The van der Waals surface area contributed by atoms with Gasteiger partial charge in [0.15, 0.2) is 0 Å². The zero-order valence-corrected chi connectivity index (χ0v) is 13.3. The largest absolute Gasteiger partial charge is 0.356 e. The fraction of sp³-hybridized carbons (Fsp3) is 0.615. The van der Waals surface area contributed by atoms with Crippen LogP contribution >= 0.6 is 10.7 Å². The van der Waals surface area contributed by atoms with Crippen LogP contribution in [0.25, 0.3) is 0 Å². The lowest BCUT2D eigenvalue weighted by Gasteiger charge is -2.40. The second kappa shape index (κ2) is 5.41. The standard InChI is InChI=1S/C13H19ClN2O3S/c1-8-4-9(2)10(3)16(7-8)13(17)12-5-11(6-15-12)20(14,18)19/h5-6,8-10,15H,4,7H2,1-3H3. The van der Waals surface area contributed by atoms with E-state index >= 15 is 0 Å². The number of carbonyl (C=O) groups excluding carboxylic acids is 1. The summed E-state index contributed by atoms with van der Waals surface area (Å²) in [6, 6.07) is 1.43. The molecule has 20 heavy (non-hydrogen) atoms. The molecule has 7 heteroatoms. The molecule has 5 nitrogen and oxygen atoms in total. The fourth-order valence-electron chi connectivity index (χ4n) is 2.78. The van der Waals surface area contributed by atoms with Crippen LogP contribution in [0.15, 0.2) is 17.2 Å². The molecule has 1 saturated heterocycles. The summed E-state index contributed by atoms with van der Waals surface area (Å²) in [5, 5.41) is 0. The summed E-state index contributed by atoms with van der Waals surface area (Å²) in [5.74, 6) is 0.688. The van der Waals surface area contributed by atoms with E-state index in [1.165, 1.54) is 12.3 Å². The summed E-state index contributed by atoms with van der Waals surface area (Å²) >= 11 is 0. The summed E-state index contributed by atoms with van der Waals surface area (Å²) < 4.78 is 22.5. The first-order valence-corrected chi connectivity index (χ1v) is 8.95. The van der Waals surface area contributed by atoms with Crippen molar-refractivity contribution in [1.29, 1.82) is 0 Å². The zero-order valence-electron chi connectivity index (χ0n) is 11.8. The van der Waals surface area contributed by atoms with E-state index in [4.69, 9.17) is 10.7 Å². The number of carbonyl (C=O) groups is 1. The lowest BCUT2D eigenvalue weighted by atomic mass is 9.86. The van der Waals surface area contributed by atoms with E-state index in [9.17, 15) is 13.2 Å². The highest BCUT2D eigenvalue weighted by Crippen LogP contribution is 2.28. The highest BCUT2D eigenvalue weighted by molar-refractivity contribution is 8.13. The number of H-pyrrole nitrogens is 1. The van der Waals surface area contributed by atoms with E-state index in [0.717, 1.165) is 6.42 Å². The third-order valence-corrected chi connectivity index (χ3v) is 5.36. The van der Waals surface area contributed by atoms with Gasteiger partial charge in [-0.25, -0.2) is 8.42 Å². The van der Waals surface area contributed by atoms with Crippen LogP contribution in [0.3, 0.4) is 0 Å². The molecule has 1 aromatic rings. The van der Waals surface area contributed by atoms with Crippen molar-refractivity contribution in [3.63, 3.8) is 0 Å². The van der Waals surface area contributed by atoms with Crippen LogP contribution in [0.5, 0.6) is 0 Å². The van der Waals surface area contributed by atoms with E-state index < -0.39 is 9.05 Å². The number of halogens is 1. The van der Waals surface area contributed by atoms with Crippen LogP contribution in [0.1, 0.15) is 37.7 Å². The molecule has 1 aliphatic heterocycles. The topological polar surface area (TPSA) is 70.2 Å². The van der Waals surface area contributed by atoms with E-state index in [2.05, 4.69) is 18.8 Å². The van der Waals surface area contributed by atoms with Gasteiger partial charge in [0.2, 0.25) is 0 Å². The van der Waals surface area contributed by atoms with E-state index in [-0.39, 0.29) is 22.5 Å². The predicted octanol–water partition coefficient (Wildman–Crippen LogP) is 2.45. The van der Waals surface area contributed by atoms with Crippen LogP contribution in [0.2, 0.25) is 0 Å². The Morgan fingerprint density at radius 2 is 2.05 bits per heavy atom. The number of amides is 1. The van der Waals surface area contributed by atoms with Crippen molar-refractivity contribution >= 4 is 25.6 Å². The number of nitrogens with zero attached hydrogens (tertiary/aromatic N) is 1. The van der Waals surface area contributed by atoms with Gasteiger partial charge < -0.3 is 9.88 Å². The number of hydrogen-bond acceptors (Lipinski definition) is 3. The second-order valence-corrected chi connectivity index (χ2v) is 8.27. The molecular formula is C13H19ClN2O3S. The highest BCUT2D eigenvalue weighted by atomic mass is 35.7. The van der Waals surface area contributed by atoms with Gasteiger partial charge in [0.1, 0.15) is 10.6 Å². The van der Waals surface area contributed by atoms with Gasteiger partial charge in [-0.2, -0.15) is 0 Å². The molecule has 0 spiro atoms. The van der Waals surface area contributed by atoms with Crippen LogP contribution < -0.4 is 0 Å². The Bertz CT molecular complexity index is 611. The molecule has 1 aliphatic rings. The van der Waals surface area contributed by atoms with Crippen LogP contribution in [0, 0.1) is 11.8 Å². The van der Waals surface area contributed by atoms with Crippen molar-refractivity contribution in [3.05, 3.63) is 18.0 Å². The van der Waals surface area contributed by atoms with Crippen LogP contribution in [-0.4, -0.2) is 36.8 Å². The third kappa shape index (κ3) is 3.01. The van der Waals surface area contributed by atoms with E-state index in [1.807, 2.05) is 6.92 Å². The van der Waals surface area contributed by atoms with Gasteiger partial charge in [-0.15, -0.1) is 0 Å². The monoisotopic (exact) mass is 318 g/mol. The first kappa shape index (κ1) is 15.4. The Hall–Kier alpha value is -1.01. The molecule has 2 heterocycles. The Labute approximate surface area is 123 Å². The molecule has 0 aromatic carbocycles. The molecule has 2 rings (SSSR count). The summed E-state index contributed by atoms with van der Waals surface area (Å²) in [6.45, 7) is 6.96. The minimum Gasteiger partial charge on any atom is -0.356 e. The molecular weight excluding hydrogens is 300 g/mol. The number of rotatable bonds is 2. The summed E-state index contributed by atoms with van der Waals surface area (Å²) in [6.07, 6.45) is 2.34. The van der Waals surface area contributed by atoms with Gasteiger partial charge in [0.25, 0.3) is 15.0 Å². The first-order chi connectivity index (χ1) is 9.20. The van der Waals surface area contributed by atoms with Crippen molar-refractivity contribution in [1.82, 2.24) is 9.88 Å². The average Bonchev–Trinajstić information content (AvgIpc) is 2.82. The van der Waals surface area contributed by atoms with Crippen molar-refractivity contribution in [2.75, 3.05) is 6.54 Å². The lowest BCUT2D eigenvalue weighted by molar-refractivity contribution is 0.0450. The van der Waals surface area contributed by atoms with Gasteiger partial charge in [-0.1, -0.05) is 13.8 Å². The number of aromatic amines is 1. The highest BCUT2D eigenvalue weighted by Gasteiger charge is 2.33. The van der Waals surface area contributed by atoms with E-state index in [1.54, 1.807) is 4.90 Å². The third-order valence-electron chi connectivity index (χ3n) is 4.03. The zero-order chi connectivity index (χ0) is 15.1. The van der Waals surface area contributed by atoms with E-state index in [0.29, 0.717) is 18.4 Å².